The van der Waals surface area contributed by atoms with E-state index < -0.39 is 36.3 Å². The maximum Gasteiger partial charge on any atom is 0.494 e. The normalized spacial score (nSPS) is 21.1. The van der Waals surface area contributed by atoms with Gasteiger partial charge in [-0.2, -0.15) is 0 Å². The van der Waals surface area contributed by atoms with Crippen LogP contribution in [0, 0.1) is 0 Å². The number of halogens is 1. The largest absolute Gasteiger partial charge is 0.494 e. The van der Waals surface area contributed by atoms with Crippen molar-refractivity contribution in [1.29, 1.82) is 0 Å². The van der Waals surface area contributed by atoms with Crippen molar-refractivity contribution in [2.24, 2.45) is 0 Å². The van der Waals surface area contributed by atoms with Gasteiger partial charge in [-0.15, -0.1) is 0 Å². The van der Waals surface area contributed by atoms with Crippen molar-refractivity contribution in [3.63, 3.8) is 0 Å². The number of benzene rings is 2. The lowest BCUT2D eigenvalue weighted by Gasteiger charge is -2.32. The molecule has 332 valence electrons. The van der Waals surface area contributed by atoms with E-state index >= 15 is 0 Å². The minimum atomic E-state index is -3.13. The molecule has 59 heavy (non-hydrogen) atoms. The Kier molecular flexibility index (Phi) is 18.5. The number of aryl methyl sites for hydroxylation is 1. The van der Waals surface area contributed by atoms with Crippen molar-refractivity contribution in [2.45, 2.75) is 157 Å². The Hall–Kier alpha value is -0.825. The lowest BCUT2D eigenvalue weighted by atomic mass is 9.49. The minimum absolute atomic E-state index is 0.238. The number of hydrogen-bond acceptors (Lipinski definition) is 12. The number of hydrogen-bond donors (Lipinski definition) is 0. The van der Waals surface area contributed by atoms with Crippen LogP contribution in [0.5, 0.6) is 0 Å². The van der Waals surface area contributed by atoms with Crippen molar-refractivity contribution in [1.82, 2.24) is 0 Å². The summed E-state index contributed by atoms with van der Waals surface area (Å²) in [6.45, 7) is 33.1. The van der Waals surface area contributed by atoms with Crippen molar-refractivity contribution < 1.29 is 55.2 Å². The lowest BCUT2D eigenvalue weighted by molar-refractivity contribution is 0.00578. The van der Waals surface area contributed by atoms with Crippen LogP contribution in [0.25, 0.3) is 0 Å². The molecule has 0 aliphatic carbocycles. The topological polar surface area (TPSA) is 126 Å². The summed E-state index contributed by atoms with van der Waals surface area (Å²) in [4.78, 5) is 0. The standard InChI is InChI=1S/C17H28BO5P.C12H24B2O4.C12H18BrO3P/c1-7-20-24(19,21-8-2)13-14-10-9-11-15(12-14)18-22-16(3,4)17(5,6)23-18;1-9(2)10(3,4)16-13(15-9)14-17-11(5,6)12(7,8)18-14;1-3-15-17(14,16-4-2)9-8-11-6-5-7-12(13)10-11/h9-12H,7-8,13H2,1-6H3;1-8H3;5-7,10H,3-4,8-9H2,1-2H3. The molecule has 0 aromatic heterocycles. The van der Waals surface area contributed by atoms with Gasteiger partial charge >= 0.3 is 36.3 Å². The molecule has 0 saturated carbocycles. The predicted octanol–water partition coefficient (Wildman–Crippen LogP) is 10.3. The molecule has 3 aliphatic rings. The average molecular weight is 929 g/mol. The van der Waals surface area contributed by atoms with Crippen molar-refractivity contribution in [3.05, 3.63) is 64.1 Å². The fourth-order valence-electron chi connectivity index (χ4n) is 6.08. The molecular weight excluding hydrogens is 859 g/mol. The van der Waals surface area contributed by atoms with Gasteiger partial charge in [0.15, 0.2) is 0 Å². The third kappa shape index (κ3) is 14.1. The molecule has 2 aromatic carbocycles. The molecule has 0 N–H and O–H groups in total. The molecule has 5 rings (SSSR count). The highest BCUT2D eigenvalue weighted by molar-refractivity contribution is 9.10. The SMILES string of the molecule is CC1(C)OB(B2OC(C)(C)C(C)(C)O2)OC1(C)C.CCOP(=O)(CCc1cccc(Br)c1)OCC.CCOP(=O)(Cc1cccc(B2OC(C)(C)C(C)(C)O2)c1)OCC. The Bertz CT molecular complexity index is 1660. The van der Waals surface area contributed by atoms with Crippen LogP contribution in [-0.4, -0.2) is 87.3 Å². The summed E-state index contributed by atoms with van der Waals surface area (Å²) in [7, 11) is -7.43. The summed E-state index contributed by atoms with van der Waals surface area (Å²) in [5.41, 5.74) is 0.696. The van der Waals surface area contributed by atoms with Gasteiger partial charge in [-0.1, -0.05) is 52.3 Å². The molecule has 0 radical (unpaired) electrons. The first kappa shape index (κ1) is 52.5. The molecule has 3 aliphatic heterocycles. The molecule has 3 fully saturated rings. The number of rotatable bonds is 15. The summed E-state index contributed by atoms with van der Waals surface area (Å²) in [6, 6.07) is 15.7. The second-order valence-electron chi connectivity index (χ2n) is 17.7. The van der Waals surface area contributed by atoms with Gasteiger partial charge < -0.3 is 46.0 Å². The van der Waals surface area contributed by atoms with Gasteiger partial charge in [-0.25, -0.2) is 0 Å². The lowest BCUT2D eigenvalue weighted by Crippen LogP contribution is -2.41. The van der Waals surface area contributed by atoms with Gasteiger partial charge in [-0.3, -0.25) is 9.13 Å². The van der Waals surface area contributed by atoms with E-state index in [4.69, 9.17) is 46.0 Å². The van der Waals surface area contributed by atoms with E-state index in [1.54, 1.807) is 0 Å². The first-order chi connectivity index (χ1) is 27.1. The van der Waals surface area contributed by atoms with Gasteiger partial charge in [0.05, 0.1) is 72.4 Å². The zero-order valence-electron chi connectivity index (χ0n) is 38.5. The van der Waals surface area contributed by atoms with Gasteiger partial charge in [-0.05, 0) is 146 Å². The zero-order valence-corrected chi connectivity index (χ0v) is 41.8. The highest BCUT2D eigenvalue weighted by atomic mass is 79.9. The predicted molar refractivity (Wildman–Crippen MR) is 242 cm³/mol. The second-order valence-corrected chi connectivity index (χ2v) is 22.9. The summed E-state index contributed by atoms with van der Waals surface area (Å²) in [5, 5.41) is 0. The molecular formula is C41H70B3BrO12P2. The Morgan fingerprint density at radius 1 is 0.525 bits per heavy atom. The van der Waals surface area contributed by atoms with Crippen LogP contribution in [-0.2, 0) is 67.7 Å². The molecule has 2 aromatic rings. The Morgan fingerprint density at radius 3 is 1.31 bits per heavy atom. The van der Waals surface area contributed by atoms with Crippen molar-refractivity contribution in [3.8, 4) is 0 Å². The van der Waals surface area contributed by atoms with Crippen LogP contribution in [0.2, 0.25) is 0 Å². The molecule has 0 bridgehead atoms. The first-order valence-electron chi connectivity index (χ1n) is 20.8. The fraction of sp³-hybridized carbons (Fsp3) is 0.707. The third-order valence-electron chi connectivity index (χ3n) is 11.5. The molecule has 0 spiro atoms. The van der Waals surface area contributed by atoms with E-state index in [1.807, 2.05) is 159 Å². The Labute approximate surface area is 365 Å². The summed E-state index contributed by atoms with van der Waals surface area (Å²) in [5.74, 6) is 0. The minimum Gasteiger partial charge on any atom is -0.405 e. The van der Waals surface area contributed by atoms with E-state index in [0.717, 1.165) is 21.1 Å². The first-order valence-corrected chi connectivity index (χ1v) is 25.0. The maximum atomic E-state index is 12.7. The van der Waals surface area contributed by atoms with Crippen molar-refractivity contribution >= 4 is 57.7 Å². The van der Waals surface area contributed by atoms with Gasteiger partial charge in [0.2, 0.25) is 0 Å². The van der Waals surface area contributed by atoms with Crippen molar-refractivity contribution in [2.75, 3.05) is 32.6 Å². The third-order valence-corrected chi connectivity index (χ3v) is 16.1. The van der Waals surface area contributed by atoms with E-state index in [-0.39, 0.29) is 39.8 Å². The van der Waals surface area contributed by atoms with Crippen LogP contribution >= 0.6 is 31.1 Å². The molecule has 3 heterocycles. The van der Waals surface area contributed by atoms with E-state index in [0.29, 0.717) is 39.0 Å². The molecule has 0 unspecified atom stereocenters. The summed E-state index contributed by atoms with van der Waals surface area (Å²) >= 11 is 3.41. The molecule has 12 nitrogen and oxygen atoms in total. The van der Waals surface area contributed by atoms with E-state index in [1.165, 1.54) is 0 Å². The molecule has 0 amide bonds. The summed E-state index contributed by atoms with van der Waals surface area (Å²) < 4.78 is 83.2. The van der Waals surface area contributed by atoms with Crippen LogP contribution in [0.3, 0.4) is 0 Å². The summed E-state index contributed by atoms with van der Waals surface area (Å²) in [6.07, 6.45) is 1.35. The van der Waals surface area contributed by atoms with Crippen LogP contribution in [0.15, 0.2) is 53.0 Å². The van der Waals surface area contributed by atoms with Crippen LogP contribution < -0.4 is 5.46 Å². The highest BCUT2D eigenvalue weighted by Crippen LogP contribution is 2.51. The van der Waals surface area contributed by atoms with Crippen LogP contribution in [0.4, 0.5) is 0 Å². The quantitative estimate of drug-likeness (QED) is 0.125. The van der Waals surface area contributed by atoms with Crippen LogP contribution in [0.1, 0.15) is 122 Å². The monoisotopic (exact) mass is 928 g/mol. The van der Waals surface area contributed by atoms with E-state index in [2.05, 4.69) is 15.9 Å². The zero-order chi connectivity index (χ0) is 44.7. The fourth-order valence-corrected chi connectivity index (χ4v) is 9.87. The molecule has 3 saturated heterocycles. The van der Waals surface area contributed by atoms with E-state index in [9.17, 15) is 9.13 Å². The average Bonchev–Trinajstić information content (AvgIpc) is 3.58. The highest BCUT2D eigenvalue weighted by Gasteiger charge is 2.63. The Morgan fingerprint density at radius 2 is 0.898 bits per heavy atom. The van der Waals surface area contributed by atoms with Gasteiger partial charge in [0.1, 0.15) is 0 Å². The molecule has 0 atom stereocenters. The smallest absolute Gasteiger partial charge is 0.405 e. The van der Waals surface area contributed by atoms with Gasteiger partial charge in [0, 0.05) is 4.47 Å². The second kappa shape index (κ2) is 20.8. The van der Waals surface area contributed by atoms with Gasteiger partial charge in [0.25, 0.3) is 0 Å². The molecule has 18 heteroatoms. The maximum absolute atomic E-state index is 12.7. The Balaban J connectivity index is 0.000000241.